The van der Waals surface area contributed by atoms with E-state index in [9.17, 15) is 35.9 Å². The van der Waals surface area contributed by atoms with Crippen LogP contribution in [-0.2, 0) is 28.4 Å². The van der Waals surface area contributed by atoms with Crippen molar-refractivity contribution in [2.45, 2.75) is 25.3 Å². The Morgan fingerprint density at radius 2 is 1.62 bits per heavy atom. The molecule has 0 atom stereocenters. The Labute approximate surface area is 177 Å². The Kier molecular flexibility index (Phi) is 7.88. The summed E-state index contributed by atoms with van der Waals surface area (Å²) in [6.07, 6.45) is -9.03. The zero-order chi connectivity index (χ0) is 24.1. The maximum Gasteiger partial charge on any atom is 0.416 e. The summed E-state index contributed by atoms with van der Waals surface area (Å²) in [6.45, 7) is -0.351. The summed E-state index contributed by atoms with van der Waals surface area (Å²) in [6, 6.07) is 0.620. The SMILES string of the molecule is COCCCN(Cc1nc(C(=O)OC)co1)C(=O)c1cc(C(F)(F)F)cc(C(F)(F)F)c1. The molecule has 1 aromatic heterocycles. The molecule has 0 radical (unpaired) electrons. The molecule has 0 bridgehead atoms. The van der Waals surface area contributed by atoms with Crippen molar-refractivity contribution in [1.82, 2.24) is 9.88 Å². The number of aromatic nitrogens is 1. The summed E-state index contributed by atoms with van der Waals surface area (Å²) in [5, 5.41) is 0. The van der Waals surface area contributed by atoms with Crippen molar-refractivity contribution >= 4 is 11.9 Å². The maximum atomic E-state index is 13.1. The van der Waals surface area contributed by atoms with Crippen LogP contribution in [0.1, 0.15) is 44.3 Å². The fraction of sp³-hybridized carbons (Fsp3) is 0.421. The van der Waals surface area contributed by atoms with Crippen molar-refractivity contribution in [2.24, 2.45) is 0 Å². The fourth-order valence-corrected chi connectivity index (χ4v) is 2.66. The molecule has 0 spiro atoms. The number of amides is 1. The minimum absolute atomic E-state index is 0.0667. The van der Waals surface area contributed by atoms with Crippen LogP contribution in [0.2, 0.25) is 0 Å². The van der Waals surface area contributed by atoms with Gasteiger partial charge in [-0.15, -0.1) is 0 Å². The Bertz CT molecular complexity index is 922. The van der Waals surface area contributed by atoms with Gasteiger partial charge < -0.3 is 18.8 Å². The first-order valence-corrected chi connectivity index (χ1v) is 8.97. The molecule has 1 amide bonds. The molecule has 2 aromatic rings. The van der Waals surface area contributed by atoms with Gasteiger partial charge in [0.15, 0.2) is 5.69 Å². The topological polar surface area (TPSA) is 81.9 Å². The van der Waals surface area contributed by atoms with Gasteiger partial charge in [0.05, 0.1) is 24.8 Å². The Morgan fingerprint density at radius 3 is 2.12 bits per heavy atom. The van der Waals surface area contributed by atoms with Crippen LogP contribution in [0.15, 0.2) is 28.9 Å². The van der Waals surface area contributed by atoms with Gasteiger partial charge in [-0.2, -0.15) is 26.3 Å². The molecule has 0 saturated carbocycles. The molecular weight excluding hydrogens is 450 g/mol. The van der Waals surface area contributed by atoms with E-state index in [0.29, 0.717) is 12.1 Å². The van der Waals surface area contributed by atoms with Crippen molar-refractivity contribution < 1.29 is 49.8 Å². The van der Waals surface area contributed by atoms with Gasteiger partial charge in [-0.1, -0.05) is 0 Å². The van der Waals surface area contributed by atoms with E-state index in [0.717, 1.165) is 18.3 Å². The number of hydrogen-bond acceptors (Lipinski definition) is 6. The van der Waals surface area contributed by atoms with Crippen molar-refractivity contribution in [3.63, 3.8) is 0 Å². The van der Waals surface area contributed by atoms with E-state index in [-0.39, 0.29) is 37.2 Å². The van der Waals surface area contributed by atoms with Gasteiger partial charge >= 0.3 is 18.3 Å². The molecule has 2 rings (SSSR count). The normalized spacial score (nSPS) is 12.0. The lowest BCUT2D eigenvalue weighted by Crippen LogP contribution is -2.32. The number of methoxy groups -OCH3 is 2. The van der Waals surface area contributed by atoms with Crippen LogP contribution in [0.25, 0.3) is 0 Å². The Morgan fingerprint density at radius 1 is 1.03 bits per heavy atom. The van der Waals surface area contributed by atoms with Gasteiger partial charge in [0, 0.05) is 25.8 Å². The van der Waals surface area contributed by atoms with E-state index >= 15 is 0 Å². The third kappa shape index (κ3) is 6.45. The first kappa shape index (κ1) is 25.2. The minimum atomic E-state index is -5.10. The van der Waals surface area contributed by atoms with Crippen LogP contribution in [0.5, 0.6) is 0 Å². The number of esters is 1. The summed E-state index contributed by atoms with van der Waals surface area (Å²) < 4.78 is 93.2. The molecule has 13 heteroatoms. The van der Waals surface area contributed by atoms with E-state index in [4.69, 9.17) is 9.15 Å². The molecule has 1 aromatic carbocycles. The second-order valence-corrected chi connectivity index (χ2v) is 6.49. The lowest BCUT2D eigenvalue weighted by Gasteiger charge is -2.22. The first-order chi connectivity index (χ1) is 14.9. The minimum Gasteiger partial charge on any atom is -0.464 e. The molecule has 0 aliphatic heterocycles. The molecular formula is C19H18F6N2O5. The zero-order valence-electron chi connectivity index (χ0n) is 16.8. The monoisotopic (exact) mass is 468 g/mol. The van der Waals surface area contributed by atoms with E-state index in [1.54, 1.807) is 0 Å². The van der Waals surface area contributed by atoms with Gasteiger partial charge in [-0.05, 0) is 24.6 Å². The van der Waals surface area contributed by atoms with Gasteiger partial charge in [-0.3, -0.25) is 4.79 Å². The number of alkyl halides is 6. The average molecular weight is 468 g/mol. The van der Waals surface area contributed by atoms with E-state index in [2.05, 4.69) is 9.72 Å². The number of ether oxygens (including phenoxy) is 2. The lowest BCUT2D eigenvalue weighted by atomic mass is 10.0. The molecule has 0 N–H and O–H groups in total. The standard InChI is InChI=1S/C19H18F6N2O5/c1-30-5-3-4-27(9-15-26-14(10-32-15)17(29)31-2)16(28)11-6-12(18(20,21)22)8-13(7-11)19(23,24)25/h6-8,10H,3-5,9H2,1-2H3. The largest absolute Gasteiger partial charge is 0.464 e. The highest BCUT2D eigenvalue weighted by atomic mass is 19.4. The number of nitrogens with zero attached hydrogens (tertiary/aromatic N) is 2. The van der Waals surface area contributed by atoms with E-state index < -0.39 is 47.5 Å². The number of carbonyl (C=O) groups excluding carboxylic acids is 2. The number of rotatable bonds is 8. The van der Waals surface area contributed by atoms with Crippen LogP contribution in [0.3, 0.4) is 0 Å². The van der Waals surface area contributed by atoms with Crippen LogP contribution in [0, 0.1) is 0 Å². The predicted octanol–water partition coefficient (Wildman–Crippen LogP) is 4.18. The molecule has 32 heavy (non-hydrogen) atoms. The molecule has 0 fully saturated rings. The second-order valence-electron chi connectivity index (χ2n) is 6.49. The van der Waals surface area contributed by atoms with E-state index in [1.165, 1.54) is 7.11 Å². The highest BCUT2D eigenvalue weighted by molar-refractivity contribution is 5.94. The molecule has 0 unspecified atom stereocenters. The number of oxazole rings is 1. The third-order valence-corrected chi connectivity index (χ3v) is 4.17. The molecule has 176 valence electrons. The summed E-state index contributed by atoms with van der Waals surface area (Å²) >= 11 is 0. The summed E-state index contributed by atoms with van der Waals surface area (Å²) in [5.41, 5.74) is -4.26. The quantitative estimate of drug-likeness (QED) is 0.329. The highest BCUT2D eigenvalue weighted by Crippen LogP contribution is 2.36. The van der Waals surface area contributed by atoms with Crippen LogP contribution in [0.4, 0.5) is 26.3 Å². The molecule has 0 aliphatic carbocycles. The first-order valence-electron chi connectivity index (χ1n) is 8.97. The lowest BCUT2D eigenvalue weighted by molar-refractivity contribution is -0.143. The van der Waals surface area contributed by atoms with Gasteiger partial charge in [0.1, 0.15) is 6.26 Å². The van der Waals surface area contributed by atoms with Crippen molar-refractivity contribution in [3.05, 3.63) is 52.7 Å². The Hall–Kier alpha value is -3.09. The van der Waals surface area contributed by atoms with Gasteiger partial charge in [0.25, 0.3) is 5.91 Å². The predicted molar refractivity (Wildman–Crippen MR) is 95.5 cm³/mol. The van der Waals surface area contributed by atoms with Crippen molar-refractivity contribution in [3.8, 4) is 0 Å². The summed E-state index contributed by atoms with van der Waals surface area (Å²) in [7, 11) is 2.48. The number of benzene rings is 1. The van der Waals surface area contributed by atoms with Crippen molar-refractivity contribution in [1.29, 1.82) is 0 Å². The van der Waals surface area contributed by atoms with Crippen LogP contribution in [-0.4, -0.2) is 49.1 Å². The second kappa shape index (κ2) is 10.0. The van der Waals surface area contributed by atoms with Crippen molar-refractivity contribution in [2.75, 3.05) is 27.4 Å². The molecule has 0 aliphatic rings. The number of hydrogen-bond donors (Lipinski definition) is 0. The zero-order valence-corrected chi connectivity index (χ0v) is 16.8. The number of halogens is 6. The average Bonchev–Trinajstić information content (AvgIpc) is 3.19. The van der Waals surface area contributed by atoms with Gasteiger partial charge in [-0.25, -0.2) is 9.78 Å². The van der Waals surface area contributed by atoms with Crippen LogP contribution >= 0.6 is 0 Å². The summed E-state index contributed by atoms with van der Waals surface area (Å²) in [5.74, 6) is -2.11. The molecule has 0 saturated heterocycles. The Balaban J connectivity index is 2.41. The summed E-state index contributed by atoms with van der Waals surface area (Å²) in [4.78, 5) is 29.1. The fourth-order valence-electron chi connectivity index (χ4n) is 2.66. The number of carbonyl (C=O) groups is 2. The smallest absolute Gasteiger partial charge is 0.416 e. The highest BCUT2D eigenvalue weighted by Gasteiger charge is 2.38. The maximum absolute atomic E-state index is 13.1. The van der Waals surface area contributed by atoms with Crippen LogP contribution < -0.4 is 0 Å². The molecule has 1 heterocycles. The van der Waals surface area contributed by atoms with E-state index in [1.807, 2.05) is 0 Å². The molecule has 7 nitrogen and oxygen atoms in total. The third-order valence-electron chi connectivity index (χ3n) is 4.17. The van der Waals surface area contributed by atoms with Gasteiger partial charge in [0.2, 0.25) is 5.89 Å².